The predicted octanol–water partition coefficient (Wildman–Crippen LogP) is 3.56. The average molecular weight is 335 g/mol. The van der Waals surface area contributed by atoms with Crippen molar-refractivity contribution in [3.05, 3.63) is 29.6 Å². The van der Waals surface area contributed by atoms with E-state index >= 15 is 0 Å². The topological polar surface area (TPSA) is 26.0 Å². The van der Waals surface area contributed by atoms with Gasteiger partial charge in [-0.05, 0) is 36.6 Å². The number of hydrogen-bond donors (Lipinski definition) is 1. The monoisotopic (exact) mass is 336 g/mol. The van der Waals surface area contributed by atoms with Gasteiger partial charge in [-0.2, -0.15) is 0 Å². The number of anilines is 1. The molecule has 0 heterocycles. The first-order valence-electron chi connectivity index (χ1n) is 4.50. The van der Waals surface area contributed by atoms with Crippen LogP contribution in [0.25, 0.3) is 0 Å². The Kier molecular flexibility index (Phi) is 22.0. The summed E-state index contributed by atoms with van der Waals surface area (Å²) in [5.41, 5.74) is 6.65. The Morgan fingerprint density at radius 2 is 1.60 bits per heavy atom. The average Bonchev–Trinajstić information content (AvgIpc) is 2.24. The van der Waals surface area contributed by atoms with Gasteiger partial charge in [-0.3, -0.25) is 0 Å². The zero-order valence-corrected chi connectivity index (χ0v) is 13.5. The number of thiocarbonyl (C=S) groups is 1. The van der Waals surface area contributed by atoms with E-state index < -0.39 is 0 Å². The molecule has 15 heavy (non-hydrogen) atoms. The molecule has 4 heteroatoms. The molecule has 0 spiro atoms. The molecule has 2 N–H and O–H groups in total. The van der Waals surface area contributed by atoms with Gasteiger partial charge in [0.1, 0.15) is 5.82 Å². The SMILES string of the molecule is C=S.CC.Cc1cc(N)cc(F)c1.[CH3][Sn]. The molecule has 0 saturated carbocycles. The Balaban J connectivity index is -0.000000208. The third-order valence-electron chi connectivity index (χ3n) is 1.06. The molecule has 0 atom stereocenters. The van der Waals surface area contributed by atoms with Crippen LogP contribution in [0.4, 0.5) is 10.1 Å². The molecule has 0 aliphatic rings. The van der Waals surface area contributed by atoms with Gasteiger partial charge in [0.2, 0.25) is 0 Å². The van der Waals surface area contributed by atoms with Crippen LogP contribution in [0.5, 0.6) is 0 Å². The van der Waals surface area contributed by atoms with Crippen molar-refractivity contribution in [2.75, 3.05) is 5.73 Å². The molecule has 0 bridgehead atoms. The summed E-state index contributed by atoms with van der Waals surface area (Å²) < 4.78 is 12.3. The summed E-state index contributed by atoms with van der Waals surface area (Å²) >= 11 is 5.38. The van der Waals surface area contributed by atoms with E-state index in [1.807, 2.05) is 13.8 Å². The summed E-state index contributed by atoms with van der Waals surface area (Å²) in [4.78, 5) is 2.09. The summed E-state index contributed by atoms with van der Waals surface area (Å²) in [5, 5.41) is 0. The molecule has 1 aromatic rings. The molecule has 0 fully saturated rings. The Bertz CT molecular complexity index is 194. The van der Waals surface area contributed by atoms with Gasteiger partial charge < -0.3 is 5.73 Å². The van der Waals surface area contributed by atoms with Crippen molar-refractivity contribution in [3.63, 3.8) is 0 Å². The number of hydrogen-bond acceptors (Lipinski definition) is 2. The van der Waals surface area contributed by atoms with Crippen LogP contribution in [-0.2, 0) is 0 Å². The van der Waals surface area contributed by atoms with Crippen LogP contribution in [0.1, 0.15) is 19.4 Å². The van der Waals surface area contributed by atoms with Gasteiger partial charge in [0.05, 0.1) is 0 Å². The normalized spacial score (nSPS) is 6.80. The second kappa shape index (κ2) is 16.3. The van der Waals surface area contributed by atoms with Crippen LogP contribution in [0.15, 0.2) is 18.2 Å². The zero-order valence-electron chi connectivity index (χ0n) is 9.80. The molecule has 0 aliphatic heterocycles. The fourth-order valence-corrected chi connectivity index (χ4v) is 0.765. The van der Waals surface area contributed by atoms with E-state index in [4.69, 9.17) is 5.73 Å². The van der Waals surface area contributed by atoms with E-state index in [2.05, 4.69) is 23.0 Å². The van der Waals surface area contributed by atoms with Gasteiger partial charge in [0.15, 0.2) is 0 Å². The summed E-state index contributed by atoms with van der Waals surface area (Å²) in [6.45, 7) is 5.80. The molecule has 0 aliphatic carbocycles. The maximum atomic E-state index is 12.3. The zero-order chi connectivity index (χ0) is 12.9. The molecule has 3 radical (unpaired) electrons. The van der Waals surface area contributed by atoms with Crippen LogP contribution in [-0.4, -0.2) is 28.4 Å². The molecule has 85 valence electrons. The van der Waals surface area contributed by atoms with Crippen molar-refractivity contribution in [2.45, 2.75) is 25.7 Å². The third kappa shape index (κ3) is 13.8. The first kappa shape index (κ1) is 20.3. The Morgan fingerprint density at radius 1 is 1.20 bits per heavy atom. The first-order valence-corrected chi connectivity index (χ1v) is 7.93. The van der Waals surface area contributed by atoms with Gasteiger partial charge in [-0.15, -0.1) is 0 Å². The fraction of sp³-hybridized carbons (Fsp3) is 0.364. The van der Waals surface area contributed by atoms with Crippen molar-refractivity contribution < 1.29 is 4.39 Å². The minimum atomic E-state index is -0.271. The predicted molar refractivity (Wildman–Crippen MR) is 73.2 cm³/mol. The van der Waals surface area contributed by atoms with Crippen molar-refractivity contribution in [1.82, 2.24) is 0 Å². The van der Waals surface area contributed by atoms with Crippen LogP contribution in [0.2, 0.25) is 4.94 Å². The van der Waals surface area contributed by atoms with E-state index in [0.29, 0.717) is 5.69 Å². The fourth-order valence-electron chi connectivity index (χ4n) is 0.765. The molecular formula is C11H19FNSSn. The molecule has 1 rings (SSSR count). The van der Waals surface area contributed by atoms with Crippen molar-refractivity contribution in [1.29, 1.82) is 0 Å². The molecule has 0 amide bonds. The number of rotatable bonds is 0. The molecule has 0 aromatic heterocycles. The number of nitrogen functional groups attached to an aromatic ring is 1. The third-order valence-corrected chi connectivity index (χ3v) is 1.06. The van der Waals surface area contributed by atoms with Crippen LogP contribution < -0.4 is 5.73 Å². The summed E-state index contributed by atoms with van der Waals surface area (Å²) in [6, 6.07) is 4.46. The Morgan fingerprint density at radius 3 is 1.87 bits per heavy atom. The molecule has 0 unspecified atom stereocenters. The summed E-state index contributed by atoms with van der Waals surface area (Å²) in [6.07, 6.45) is 0. The van der Waals surface area contributed by atoms with Gasteiger partial charge >= 0.3 is 27.5 Å². The molecule has 1 nitrogen and oxygen atoms in total. The van der Waals surface area contributed by atoms with Crippen LogP contribution >= 0.6 is 12.2 Å². The summed E-state index contributed by atoms with van der Waals surface area (Å²) in [5.74, 6) is 2.56. The molecular weight excluding hydrogens is 316 g/mol. The van der Waals surface area contributed by atoms with E-state index in [-0.39, 0.29) is 5.82 Å². The van der Waals surface area contributed by atoms with Crippen LogP contribution in [0.3, 0.4) is 0 Å². The quantitative estimate of drug-likeness (QED) is 0.446. The minimum absolute atomic E-state index is 0.271. The summed E-state index contributed by atoms with van der Waals surface area (Å²) in [7, 11) is 0. The van der Waals surface area contributed by atoms with Gasteiger partial charge in [-0.25, -0.2) is 4.39 Å². The second-order valence-corrected chi connectivity index (χ2v) is 2.06. The maximum absolute atomic E-state index is 12.3. The van der Waals surface area contributed by atoms with Gasteiger partial charge in [0.25, 0.3) is 0 Å². The van der Waals surface area contributed by atoms with E-state index in [0.717, 1.165) is 5.56 Å². The van der Waals surface area contributed by atoms with Crippen molar-refractivity contribution >= 4 is 46.3 Å². The van der Waals surface area contributed by atoms with E-state index in [9.17, 15) is 4.39 Å². The van der Waals surface area contributed by atoms with Crippen molar-refractivity contribution in [2.24, 2.45) is 0 Å². The second-order valence-electron chi connectivity index (χ2n) is 2.06. The number of halogens is 1. The van der Waals surface area contributed by atoms with Gasteiger partial charge in [-0.1, -0.05) is 26.1 Å². The standard InChI is InChI=1S/C7H8FN.C2H6.CH2S.CH3.Sn/c1-5-2-6(8)4-7(9)3-5;2*1-2;;/h2-4H,9H2,1H3;1-2H3;1H2;1H3;. The Labute approximate surface area is 111 Å². The van der Waals surface area contributed by atoms with E-state index in [1.54, 1.807) is 35.5 Å². The van der Waals surface area contributed by atoms with Gasteiger partial charge in [0, 0.05) is 5.69 Å². The number of benzene rings is 1. The Hall–Kier alpha value is -0.161. The number of nitrogens with two attached hydrogens (primary N) is 1. The van der Waals surface area contributed by atoms with Crippen LogP contribution in [0, 0.1) is 12.7 Å². The van der Waals surface area contributed by atoms with E-state index in [1.165, 1.54) is 12.1 Å². The molecule has 0 saturated heterocycles. The molecule has 1 aromatic carbocycles. The first-order chi connectivity index (χ1) is 7.18. The number of aryl methyl sites for hydroxylation is 1. The van der Waals surface area contributed by atoms with Crippen molar-refractivity contribution in [3.8, 4) is 0 Å².